The summed E-state index contributed by atoms with van der Waals surface area (Å²) in [6, 6.07) is 13.7. The molecular weight excluding hydrogens is 541 g/mol. The van der Waals surface area contributed by atoms with Gasteiger partial charge in [0.25, 0.3) is 5.91 Å². The van der Waals surface area contributed by atoms with E-state index in [9.17, 15) is 14.9 Å². The number of rotatable bonds is 9. The lowest BCUT2D eigenvalue weighted by molar-refractivity contribution is -0.384. The summed E-state index contributed by atoms with van der Waals surface area (Å²) in [5, 5.41) is 17.9. The molecule has 2 N–H and O–H groups in total. The topological polar surface area (TPSA) is 128 Å². The summed E-state index contributed by atoms with van der Waals surface area (Å²) in [7, 11) is 1.49. The summed E-state index contributed by atoms with van der Waals surface area (Å²) in [5.74, 6) is 0.557. The number of methoxy groups -OCH3 is 1. The molecule has 0 spiro atoms. The molecule has 2 aromatic carbocycles. The number of hydrogen-bond acceptors (Lipinski definition) is 8. The Hall–Kier alpha value is -3.74. The van der Waals surface area contributed by atoms with Gasteiger partial charge in [-0.3, -0.25) is 20.3 Å². The smallest absolute Gasteiger partial charge is 0.313 e. The lowest BCUT2D eigenvalue weighted by atomic mass is 10.2. The number of nitrogens with one attached hydrogen (secondary N) is 2. The van der Waals surface area contributed by atoms with E-state index in [2.05, 4.69) is 43.4 Å². The third-order valence-corrected chi connectivity index (χ3v) is 5.10. The molecule has 10 nitrogen and oxygen atoms in total. The maximum Gasteiger partial charge on any atom is 0.313 e. The minimum Gasteiger partial charge on any atom is -0.493 e. The summed E-state index contributed by atoms with van der Waals surface area (Å²) >= 11 is 2.07. The number of aryl methyl sites for hydroxylation is 1. The normalized spacial score (nSPS) is 10.6. The van der Waals surface area contributed by atoms with Gasteiger partial charge in [0, 0.05) is 18.0 Å². The van der Waals surface area contributed by atoms with Crippen LogP contribution in [0.4, 0.5) is 17.2 Å². The van der Waals surface area contributed by atoms with E-state index in [-0.39, 0.29) is 24.0 Å². The van der Waals surface area contributed by atoms with E-state index in [0.29, 0.717) is 26.3 Å². The summed E-state index contributed by atoms with van der Waals surface area (Å²) in [4.78, 5) is 26.7. The van der Waals surface area contributed by atoms with Crippen molar-refractivity contribution in [2.45, 2.75) is 6.92 Å². The van der Waals surface area contributed by atoms with Crippen LogP contribution >= 0.6 is 22.6 Å². The Morgan fingerprint density at radius 2 is 2.03 bits per heavy atom. The molecule has 1 amide bonds. The molecule has 0 aliphatic rings. The fraction of sp³-hybridized carbons (Fsp3) is 0.136. The number of nitrogens with zero attached hydrogens (tertiary/aromatic N) is 3. The number of nitro groups is 1. The van der Waals surface area contributed by atoms with Gasteiger partial charge in [-0.1, -0.05) is 17.7 Å². The van der Waals surface area contributed by atoms with Gasteiger partial charge in [-0.05, 0) is 65.4 Å². The van der Waals surface area contributed by atoms with E-state index in [0.717, 1.165) is 5.56 Å². The second kappa shape index (κ2) is 11.2. The molecule has 0 aliphatic heterocycles. The zero-order valence-corrected chi connectivity index (χ0v) is 19.9. The van der Waals surface area contributed by atoms with Crippen molar-refractivity contribution in [3.8, 4) is 11.5 Å². The Bertz CT molecular complexity index is 1180. The molecule has 3 rings (SSSR count). The average Bonchev–Trinajstić information content (AvgIpc) is 2.79. The van der Waals surface area contributed by atoms with Crippen LogP contribution in [0.5, 0.6) is 11.5 Å². The zero-order chi connectivity index (χ0) is 23.8. The van der Waals surface area contributed by atoms with Gasteiger partial charge in [-0.15, -0.1) is 0 Å². The van der Waals surface area contributed by atoms with Crippen LogP contribution in [0, 0.1) is 20.6 Å². The molecule has 0 unspecified atom stereocenters. The second-order valence-electron chi connectivity index (χ2n) is 6.74. The lowest BCUT2D eigenvalue weighted by Crippen LogP contribution is -2.20. The summed E-state index contributed by atoms with van der Waals surface area (Å²) in [5.41, 5.74) is 4.82. The number of aromatic nitrogens is 1. The van der Waals surface area contributed by atoms with Crippen LogP contribution in [0.3, 0.4) is 0 Å². The number of benzene rings is 2. The SMILES string of the molecule is COc1cc(/C=N\Nc2ncccc2[N+](=O)[O-])cc(I)c1OCC(=O)Nc1ccc(C)cc1. The summed E-state index contributed by atoms with van der Waals surface area (Å²) in [6.45, 7) is 1.77. The fourth-order valence-electron chi connectivity index (χ4n) is 2.72. The number of anilines is 2. The molecule has 0 radical (unpaired) electrons. The number of hydrogen-bond donors (Lipinski definition) is 2. The number of hydrazone groups is 1. The third-order valence-electron chi connectivity index (χ3n) is 4.30. The Labute approximate surface area is 203 Å². The first-order valence-electron chi connectivity index (χ1n) is 9.62. The number of carbonyl (C=O) groups excluding carboxylic acids is 1. The quantitative estimate of drug-likeness (QED) is 0.172. The first-order valence-corrected chi connectivity index (χ1v) is 10.7. The third kappa shape index (κ3) is 6.62. The minimum atomic E-state index is -0.544. The Kier molecular flexibility index (Phi) is 8.13. The number of halogens is 1. The highest BCUT2D eigenvalue weighted by Crippen LogP contribution is 2.33. The van der Waals surface area contributed by atoms with Gasteiger partial charge in [-0.2, -0.15) is 5.10 Å². The van der Waals surface area contributed by atoms with Crippen molar-refractivity contribution >= 4 is 51.9 Å². The molecule has 0 saturated carbocycles. The van der Waals surface area contributed by atoms with Gasteiger partial charge >= 0.3 is 5.69 Å². The van der Waals surface area contributed by atoms with Crippen molar-refractivity contribution in [3.63, 3.8) is 0 Å². The Morgan fingerprint density at radius 1 is 1.27 bits per heavy atom. The van der Waals surface area contributed by atoms with Crippen LogP contribution in [0.1, 0.15) is 11.1 Å². The largest absolute Gasteiger partial charge is 0.493 e. The second-order valence-corrected chi connectivity index (χ2v) is 7.90. The fourth-order valence-corrected chi connectivity index (χ4v) is 3.51. The summed E-state index contributed by atoms with van der Waals surface area (Å²) in [6.07, 6.45) is 2.90. The molecule has 11 heteroatoms. The van der Waals surface area contributed by atoms with Gasteiger partial charge in [0.05, 0.1) is 21.8 Å². The van der Waals surface area contributed by atoms with Crippen molar-refractivity contribution in [3.05, 3.63) is 79.5 Å². The van der Waals surface area contributed by atoms with Crippen LogP contribution in [-0.2, 0) is 4.79 Å². The lowest BCUT2D eigenvalue weighted by Gasteiger charge is -2.13. The van der Waals surface area contributed by atoms with Crippen molar-refractivity contribution in [2.24, 2.45) is 5.10 Å². The maximum absolute atomic E-state index is 12.2. The molecule has 0 aliphatic carbocycles. The van der Waals surface area contributed by atoms with Gasteiger partial charge < -0.3 is 14.8 Å². The average molecular weight is 561 g/mol. The van der Waals surface area contributed by atoms with Crippen LogP contribution in [0.25, 0.3) is 0 Å². The van der Waals surface area contributed by atoms with E-state index in [1.807, 2.05) is 31.2 Å². The molecule has 0 atom stereocenters. The van der Waals surface area contributed by atoms with Gasteiger partial charge in [0.1, 0.15) is 0 Å². The highest BCUT2D eigenvalue weighted by molar-refractivity contribution is 14.1. The predicted octanol–water partition coefficient (Wildman–Crippen LogP) is 4.37. The van der Waals surface area contributed by atoms with E-state index in [1.54, 1.807) is 12.1 Å². The van der Waals surface area contributed by atoms with Crippen LogP contribution in [0.2, 0.25) is 0 Å². The van der Waals surface area contributed by atoms with Gasteiger partial charge in [0.2, 0.25) is 5.82 Å². The van der Waals surface area contributed by atoms with E-state index in [4.69, 9.17) is 9.47 Å². The highest BCUT2D eigenvalue weighted by Gasteiger charge is 2.15. The molecule has 0 saturated heterocycles. The first kappa shape index (κ1) is 23.9. The zero-order valence-electron chi connectivity index (χ0n) is 17.7. The monoisotopic (exact) mass is 561 g/mol. The first-order chi connectivity index (χ1) is 15.9. The summed E-state index contributed by atoms with van der Waals surface area (Å²) < 4.78 is 11.8. The highest BCUT2D eigenvalue weighted by atomic mass is 127. The predicted molar refractivity (Wildman–Crippen MR) is 133 cm³/mol. The van der Waals surface area contributed by atoms with Crippen LogP contribution in [-0.4, -0.2) is 35.7 Å². The molecule has 170 valence electrons. The molecule has 0 fully saturated rings. The van der Waals surface area contributed by atoms with Crippen molar-refractivity contribution < 1.29 is 19.2 Å². The van der Waals surface area contributed by atoms with Crippen LogP contribution < -0.4 is 20.2 Å². The molecule has 3 aromatic rings. The number of amides is 1. The van der Waals surface area contributed by atoms with Crippen molar-refractivity contribution in [1.29, 1.82) is 0 Å². The minimum absolute atomic E-state index is 0.0277. The molecule has 33 heavy (non-hydrogen) atoms. The molecular formula is C22H20IN5O5. The Balaban J connectivity index is 1.66. The van der Waals surface area contributed by atoms with Crippen molar-refractivity contribution in [1.82, 2.24) is 4.98 Å². The maximum atomic E-state index is 12.2. The van der Waals surface area contributed by atoms with E-state index < -0.39 is 4.92 Å². The standard InChI is InChI=1S/C22H20IN5O5/c1-14-5-7-16(8-6-14)26-20(29)13-33-21-17(23)10-15(11-19(21)32-2)12-25-27-22-18(28(30)31)4-3-9-24-22/h3-12H,13H2,1-2H3,(H,24,27)(H,26,29)/b25-12-. The molecule has 1 aromatic heterocycles. The number of pyridine rings is 1. The number of carbonyl (C=O) groups is 1. The van der Waals surface area contributed by atoms with Crippen LogP contribution in [0.15, 0.2) is 59.8 Å². The van der Waals surface area contributed by atoms with Gasteiger partial charge in [-0.25, -0.2) is 4.98 Å². The van der Waals surface area contributed by atoms with Gasteiger partial charge in [0.15, 0.2) is 18.1 Å². The molecule has 1 heterocycles. The van der Waals surface area contributed by atoms with E-state index >= 15 is 0 Å². The number of ether oxygens (including phenoxy) is 2. The van der Waals surface area contributed by atoms with Crippen molar-refractivity contribution in [2.75, 3.05) is 24.5 Å². The molecule has 0 bridgehead atoms. The van der Waals surface area contributed by atoms with E-state index in [1.165, 1.54) is 31.7 Å². The Morgan fingerprint density at radius 3 is 2.73 bits per heavy atom.